The van der Waals surface area contributed by atoms with E-state index in [-0.39, 0.29) is 11.9 Å². The largest absolute Gasteiger partial charge is 0.349 e. The third-order valence-corrected chi connectivity index (χ3v) is 6.74. The summed E-state index contributed by atoms with van der Waals surface area (Å²) >= 11 is 5.44. The number of aryl methyl sites for hydroxylation is 1. The van der Waals surface area contributed by atoms with Crippen LogP contribution >= 0.6 is 12.2 Å². The number of carbonyl (C=O) groups excluding carboxylic acids is 1. The van der Waals surface area contributed by atoms with Crippen LogP contribution in [0.4, 0.5) is 0 Å². The van der Waals surface area contributed by atoms with Gasteiger partial charge in [0.1, 0.15) is 0 Å². The van der Waals surface area contributed by atoms with Gasteiger partial charge in [0.15, 0.2) is 10.6 Å². The second kappa shape index (κ2) is 10.7. The Morgan fingerprint density at radius 2 is 1.94 bits per heavy atom. The topological polar surface area (TPSA) is 62.7 Å². The van der Waals surface area contributed by atoms with Gasteiger partial charge in [0.2, 0.25) is 5.91 Å². The lowest BCUT2D eigenvalue weighted by molar-refractivity contribution is -0.122. The third kappa shape index (κ3) is 5.74. The van der Waals surface area contributed by atoms with E-state index in [2.05, 4.69) is 46.7 Å². The van der Waals surface area contributed by atoms with E-state index in [9.17, 15) is 4.79 Å². The molecule has 1 saturated carbocycles. The van der Waals surface area contributed by atoms with Gasteiger partial charge in [0, 0.05) is 18.5 Å². The van der Waals surface area contributed by atoms with Crippen molar-refractivity contribution in [2.75, 3.05) is 0 Å². The molecule has 1 atom stereocenters. The van der Waals surface area contributed by atoms with Gasteiger partial charge in [-0.3, -0.25) is 14.5 Å². The van der Waals surface area contributed by atoms with Crippen molar-refractivity contribution in [2.45, 2.75) is 64.5 Å². The number of aromatic amines is 1. The minimum absolute atomic E-state index is 0.0490. The quantitative estimate of drug-likeness (QED) is 0.407. The maximum atomic E-state index is 13.0. The maximum Gasteiger partial charge on any atom is 0.222 e. The summed E-state index contributed by atoms with van der Waals surface area (Å²) in [7, 11) is 0. The molecule has 0 spiro atoms. The van der Waals surface area contributed by atoms with Crippen molar-refractivity contribution in [3.05, 3.63) is 70.5 Å². The molecule has 6 heteroatoms. The van der Waals surface area contributed by atoms with Crippen LogP contribution in [0.1, 0.15) is 62.1 Å². The highest BCUT2D eigenvalue weighted by atomic mass is 32.1. The number of nitrogens with one attached hydrogen (secondary N) is 2. The number of nitrogens with zero attached hydrogens (tertiary/aromatic N) is 2. The maximum absolute atomic E-state index is 13.0. The summed E-state index contributed by atoms with van der Waals surface area (Å²) in [6, 6.07) is 18.6. The SMILES string of the molecule is Cc1cccc(-c2n[nH]c(=S)n2CCC(=O)NC(CC2CCCCC2)c2ccccc2)c1. The molecule has 0 aliphatic heterocycles. The van der Waals surface area contributed by atoms with Crippen LogP contribution in [0.3, 0.4) is 0 Å². The number of rotatable bonds is 8. The first-order chi connectivity index (χ1) is 15.6. The minimum Gasteiger partial charge on any atom is -0.349 e. The zero-order valence-electron chi connectivity index (χ0n) is 18.7. The average Bonchev–Trinajstić information content (AvgIpc) is 3.19. The van der Waals surface area contributed by atoms with Crippen molar-refractivity contribution < 1.29 is 4.79 Å². The molecule has 5 nitrogen and oxygen atoms in total. The number of amides is 1. The van der Waals surface area contributed by atoms with Gasteiger partial charge in [-0.1, -0.05) is 86.2 Å². The van der Waals surface area contributed by atoms with Crippen molar-refractivity contribution >= 4 is 18.1 Å². The van der Waals surface area contributed by atoms with Crippen LogP contribution in [-0.2, 0) is 11.3 Å². The fourth-order valence-corrected chi connectivity index (χ4v) is 4.95. The lowest BCUT2D eigenvalue weighted by atomic mass is 9.83. The van der Waals surface area contributed by atoms with Crippen molar-refractivity contribution in [1.82, 2.24) is 20.1 Å². The monoisotopic (exact) mass is 448 g/mol. The molecule has 168 valence electrons. The predicted octanol–water partition coefficient (Wildman–Crippen LogP) is 6.13. The summed E-state index contributed by atoms with van der Waals surface area (Å²) in [6.07, 6.45) is 7.86. The van der Waals surface area contributed by atoms with E-state index < -0.39 is 0 Å². The van der Waals surface area contributed by atoms with Crippen LogP contribution in [0.25, 0.3) is 11.4 Å². The number of aromatic nitrogens is 3. The normalized spacial score (nSPS) is 15.4. The molecule has 1 aliphatic carbocycles. The summed E-state index contributed by atoms with van der Waals surface area (Å²) in [4.78, 5) is 13.0. The molecule has 0 saturated heterocycles. The first-order valence-corrected chi connectivity index (χ1v) is 12.1. The Labute approximate surface area is 195 Å². The highest BCUT2D eigenvalue weighted by Crippen LogP contribution is 2.32. The standard InChI is InChI=1S/C26H32N4OS/c1-19-9-8-14-22(17-19)25-28-29-26(32)30(25)16-15-24(31)27-23(21-12-6-3-7-13-21)18-20-10-4-2-5-11-20/h3,6-9,12-14,17,20,23H,2,4-5,10-11,15-16,18H2,1H3,(H,27,31)(H,29,32). The number of hydrogen-bond donors (Lipinski definition) is 2. The third-order valence-electron chi connectivity index (χ3n) is 6.43. The predicted molar refractivity (Wildman–Crippen MR) is 131 cm³/mol. The summed E-state index contributed by atoms with van der Waals surface area (Å²) in [5, 5.41) is 10.6. The lowest BCUT2D eigenvalue weighted by Crippen LogP contribution is -2.31. The van der Waals surface area contributed by atoms with E-state index in [4.69, 9.17) is 12.2 Å². The van der Waals surface area contributed by atoms with E-state index in [1.807, 2.05) is 34.9 Å². The second-order valence-corrected chi connectivity index (χ2v) is 9.28. The van der Waals surface area contributed by atoms with Crippen molar-refractivity contribution in [1.29, 1.82) is 0 Å². The molecule has 1 unspecified atom stereocenters. The Hall–Kier alpha value is -2.73. The van der Waals surface area contributed by atoms with Gasteiger partial charge in [0.25, 0.3) is 0 Å². The van der Waals surface area contributed by atoms with Gasteiger partial charge >= 0.3 is 0 Å². The number of H-pyrrole nitrogens is 1. The molecule has 0 bridgehead atoms. The molecular formula is C26H32N4OS. The van der Waals surface area contributed by atoms with Gasteiger partial charge < -0.3 is 5.32 Å². The molecule has 1 aliphatic rings. The van der Waals surface area contributed by atoms with E-state index in [0.29, 0.717) is 23.7 Å². The lowest BCUT2D eigenvalue weighted by Gasteiger charge is -2.27. The fraction of sp³-hybridized carbons (Fsp3) is 0.423. The van der Waals surface area contributed by atoms with E-state index in [1.54, 1.807) is 0 Å². The molecule has 1 heterocycles. The molecule has 2 aromatic carbocycles. The van der Waals surface area contributed by atoms with Crippen LogP contribution in [-0.4, -0.2) is 20.7 Å². The number of benzene rings is 2. The molecule has 1 aromatic heterocycles. The van der Waals surface area contributed by atoms with Crippen LogP contribution in [0, 0.1) is 17.6 Å². The van der Waals surface area contributed by atoms with Gasteiger partial charge in [-0.05, 0) is 43.1 Å². The Morgan fingerprint density at radius 1 is 1.16 bits per heavy atom. The molecule has 4 rings (SSSR count). The fourth-order valence-electron chi connectivity index (χ4n) is 4.73. The number of carbonyl (C=O) groups is 1. The van der Waals surface area contributed by atoms with Gasteiger partial charge in [-0.2, -0.15) is 5.10 Å². The smallest absolute Gasteiger partial charge is 0.222 e. The first kappa shape index (κ1) is 22.5. The molecule has 1 fully saturated rings. The summed E-state index contributed by atoms with van der Waals surface area (Å²) in [6.45, 7) is 2.55. The van der Waals surface area contributed by atoms with Gasteiger partial charge in [-0.25, -0.2) is 0 Å². The second-order valence-electron chi connectivity index (χ2n) is 8.89. The summed E-state index contributed by atoms with van der Waals surface area (Å²) in [5.41, 5.74) is 3.35. The van der Waals surface area contributed by atoms with Gasteiger partial charge in [-0.15, -0.1) is 0 Å². The van der Waals surface area contributed by atoms with Crippen molar-refractivity contribution in [2.24, 2.45) is 5.92 Å². The number of hydrogen-bond acceptors (Lipinski definition) is 3. The van der Waals surface area contributed by atoms with Crippen LogP contribution < -0.4 is 5.32 Å². The van der Waals surface area contributed by atoms with Crippen LogP contribution in [0.15, 0.2) is 54.6 Å². The molecule has 3 aromatic rings. The first-order valence-electron chi connectivity index (χ1n) is 11.7. The molecule has 32 heavy (non-hydrogen) atoms. The minimum atomic E-state index is 0.0490. The van der Waals surface area contributed by atoms with Crippen LogP contribution in [0.2, 0.25) is 0 Å². The Bertz CT molecular complexity index is 1080. The Balaban J connectivity index is 1.44. The Morgan fingerprint density at radius 3 is 2.69 bits per heavy atom. The molecule has 2 N–H and O–H groups in total. The van der Waals surface area contributed by atoms with Crippen molar-refractivity contribution in [3.8, 4) is 11.4 Å². The Kier molecular flexibility index (Phi) is 7.53. The average molecular weight is 449 g/mol. The highest BCUT2D eigenvalue weighted by Gasteiger charge is 2.22. The molecule has 0 radical (unpaired) electrons. The summed E-state index contributed by atoms with van der Waals surface area (Å²) < 4.78 is 2.46. The van der Waals surface area contributed by atoms with Gasteiger partial charge in [0.05, 0.1) is 6.04 Å². The molecule has 1 amide bonds. The van der Waals surface area contributed by atoms with E-state index in [1.165, 1.54) is 37.7 Å². The zero-order valence-corrected chi connectivity index (χ0v) is 19.5. The highest BCUT2D eigenvalue weighted by molar-refractivity contribution is 7.71. The summed E-state index contributed by atoms with van der Waals surface area (Å²) in [5.74, 6) is 1.51. The zero-order chi connectivity index (χ0) is 22.3. The van der Waals surface area contributed by atoms with Crippen molar-refractivity contribution in [3.63, 3.8) is 0 Å². The molecular weight excluding hydrogens is 416 g/mol. The van der Waals surface area contributed by atoms with Crippen LogP contribution in [0.5, 0.6) is 0 Å². The van der Waals surface area contributed by atoms with E-state index in [0.717, 1.165) is 23.4 Å². The van der Waals surface area contributed by atoms with E-state index >= 15 is 0 Å².